The summed E-state index contributed by atoms with van der Waals surface area (Å²) in [6, 6.07) is 7.87. The van der Waals surface area contributed by atoms with Crippen LogP contribution < -0.4 is 11.1 Å². The first-order chi connectivity index (χ1) is 13.3. The van der Waals surface area contributed by atoms with Crippen LogP contribution in [0.25, 0.3) is 5.69 Å². The average molecular weight is 383 g/mol. The lowest BCUT2D eigenvalue weighted by Gasteiger charge is -2.10. The van der Waals surface area contributed by atoms with E-state index in [0.29, 0.717) is 48.2 Å². The van der Waals surface area contributed by atoms with E-state index >= 15 is 0 Å². The molecule has 0 atom stereocenters. The van der Waals surface area contributed by atoms with Gasteiger partial charge in [-0.15, -0.1) is 0 Å². The number of halogens is 1. The van der Waals surface area contributed by atoms with Crippen LogP contribution in [-0.2, 0) is 11.8 Å². The number of hydrogen-bond donors (Lipinski definition) is 2. The Balaban J connectivity index is 1.64. The molecule has 3 rings (SSSR count). The van der Waals surface area contributed by atoms with E-state index in [0.717, 1.165) is 0 Å². The van der Waals surface area contributed by atoms with E-state index in [1.807, 2.05) is 20.8 Å². The number of nitrogen functional groups attached to an aromatic ring is 1. The standard InChI is InChI=1S/C19H22FN7O/c1-19(2,3)17-24-18(26-28-17)23-10-4-5-15-14(11-21)16(22)27(25-15)13-8-6-12(20)7-9-13/h6-9H,4-5,10,22H2,1-3H3,(H,23,26). The first kappa shape index (κ1) is 19.4. The summed E-state index contributed by atoms with van der Waals surface area (Å²) in [5, 5.41) is 20.9. The smallest absolute Gasteiger partial charge is 0.263 e. The predicted octanol–water partition coefficient (Wildman–Crippen LogP) is 3.19. The number of nitrogens with one attached hydrogen (secondary N) is 1. The summed E-state index contributed by atoms with van der Waals surface area (Å²) < 4.78 is 19.8. The topological polar surface area (TPSA) is 119 Å². The fourth-order valence-electron chi connectivity index (χ4n) is 2.61. The molecular formula is C19H22FN7O. The van der Waals surface area contributed by atoms with Crippen LogP contribution in [0.5, 0.6) is 0 Å². The predicted molar refractivity (Wildman–Crippen MR) is 102 cm³/mol. The summed E-state index contributed by atoms with van der Waals surface area (Å²) in [5.74, 6) is 0.886. The van der Waals surface area contributed by atoms with Gasteiger partial charge in [-0.2, -0.15) is 15.3 Å². The Morgan fingerprint density at radius 3 is 2.61 bits per heavy atom. The van der Waals surface area contributed by atoms with Crippen molar-refractivity contribution in [2.75, 3.05) is 17.6 Å². The van der Waals surface area contributed by atoms with Gasteiger partial charge >= 0.3 is 0 Å². The number of hydrogen-bond acceptors (Lipinski definition) is 7. The third-order valence-electron chi connectivity index (χ3n) is 4.12. The van der Waals surface area contributed by atoms with Crippen LogP contribution in [0.1, 0.15) is 44.3 Å². The summed E-state index contributed by atoms with van der Waals surface area (Å²) in [6.45, 7) is 6.57. The Hall–Kier alpha value is -3.41. The van der Waals surface area contributed by atoms with E-state index in [2.05, 4.69) is 26.6 Å². The minimum Gasteiger partial charge on any atom is -0.382 e. The highest BCUT2D eigenvalue weighted by Gasteiger charge is 2.21. The van der Waals surface area contributed by atoms with Crippen LogP contribution >= 0.6 is 0 Å². The first-order valence-electron chi connectivity index (χ1n) is 8.91. The van der Waals surface area contributed by atoms with Crippen molar-refractivity contribution in [2.24, 2.45) is 0 Å². The van der Waals surface area contributed by atoms with E-state index in [1.165, 1.54) is 16.8 Å². The van der Waals surface area contributed by atoms with Gasteiger partial charge in [-0.25, -0.2) is 9.07 Å². The molecule has 0 amide bonds. The Labute approximate surface area is 162 Å². The van der Waals surface area contributed by atoms with Gasteiger partial charge in [0.2, 0.25) is 5.89 Å². The fourth-order valence-corrected chi connectivity index (χ4v) is 2.61. The summed E-state index contributed by atoms with van der Waals surface area (Å²) in [6.07, 6.45) is 1.23. The Bertz CT molecular complexity index is 993. The van der Waals surface area contributed by atoms with Gasteiger partial charge in [-0.1, -0.05) is 20.8 Å². The normalized spacial score (nSPS) is 11.4. The lowest BCUT2D eigenvalue weighted by atomic mass is 9.97. The number of anilines is 2. The molecule has 3 aromatic rings. The lowest BCUT2D eigenvalue weighted by molar-refractivity contribution is 0.321. The molecule has 146 valence electrons. The zero-order chi connectivity index (χ0) is 20.3. The maximum absolute atomic E-state index is 13.1. The molecule has 0 unspecified atom stereocenters. The number of nitrogens with zero attached hydrogens (tertiary/aromatic N) is 5. The highest BCUT2D eigenvalue weighted by molar-refractivity contribution is 5.56. The second-order valence-electron chi connectivity index (χ2n) is 7.41. The van der Waals surface area contributed by atoms with Gasteiger partial charge < -0.3 is 15.6 Å². The first-order valence-corrected chi connectivity index (χ1v) is 8.91. The number of rotatable bonds is 6. The van der Waals surface area contributed by atoms with E-state index < -0.39 is 0 Å². The van der Waals surface area contributed by atoms with Crippen molar-refractivity contribution < 1.29 is 8.91 Å². The maximum atomic E-state index is 13.1. The van der Waals surface area contributed by atoms with Crippen molar-refractivity contribution in [3.05, 3.63) is 47.2 Å². The molecule has 9 heteroatoms. The Morgan fingerprint density at radius 1 is 1.29 bits per heavy atom. The molecular weight excluding hydrogens is 361 g/mol. The van der Waals surface area contributed by atoms with E-state index in [1.54, 1.807) is 12.1 Å². The minimum atomic E-state index is -0.350. The number of aromatic nitrogens is 4. The summed E-state index contributed by atoms with van der Waals surface area (Å²) >= 11 is 0. The van der Waals surface area contributed by atoms with Gasteiger partial charge in [0.05, 0.1) is 11.4 Å². The highest BCUT2D eigenvalue weighted by atomic mass is 19.1. The third kappa shape index (κ3) is 4.11. The zero-order valence-corrected chi connectivity index (χ0v) is 16.0. The highest BCUT2D eigenvalue weighted by Crippen LogP contribution is 2.22. The van der Waals surface area contributed by atoms with Crippen molar-refractivity contribution in [1.82, 2.24) is 19.9 Å². The minimum absolute atomic E-state index is 0.209. The molecule has 0 fully saturated rings. The van der Waals surface area contributed by atoms with Crippen molar-refractivity contribution in [1.29, 1.82) is 5.26 Å². The van der Waals surface area contributed by atoms with Crippen LogP contribution in [-0.4, -0.2) is 26.5 Å². The van der Waals surface area contributed by atoms with Crippen LogP contribution in [0, 0.1) is 17.1 Å². The van der Waals surface area contributed by atoms with Gasteiger partial charge in [0, 0.05) is 12.0 Å². The summed E-state index contributed by atoms with van der Waals surface area (Å²) in [5.41, 5.74) is 7.37. The molecule has 0 aliphatic rings. The molecule has 0 bridgehead atoms. The number of nitriles is 1. The van der Waals surface area contributed by atoms with Gasteiger partial charge in [0.1, 0.15) is 23.3 Å². The summed E-state index contributed by atoms with van der Waals surface area (Å²) in [4.78, 5) is 4.31. The molecule has 0 saturated heterocycles. The monoisotopic (exact) mass is 383 g/mol. The van der Waals surface area contributed by atoms with Gasteiger partial charge in [0.25, 0.3) is 5.95 Å². The maximum Gasteiger partial charge on any atom is 0.263 e. The molecule has 0 saturated carbocycles. The number of benzene rings is 1. The van der Waals surface area contributed by atoms with Gasteiger partial charge in [-0.05, 0) is 42.3 Å². The largest absolute Gasteiger partial charge is 0.382 e. The molecule has 0 aliphatic heterocycles. The van der Waals surface area contributed by atoms with Crippen LogP contribution in [0.15, 0.2) is 28.8 Å². The van der Waals surface area contributed by atoms with Crippen LogP contribution in [0.4, 0.5) is 16.2 Å². The molecule has 2 aromatic heterocycles. The van der Waals surface area contributed by atoms with Gasteiger partial charge in [-0.3, -0.25) is 0 Å². The summed E-state index contributed by atoms with van der Waals surface area (Å²) in [7, 11) is 0. The lowest BCUT2D eigenvalue weighted by Crippen LogP contribution is -2.12. The van der Waals surface area contributed by atoms with Crippen molar-refractivity contribution in [3.8, 4) is 11.8 Å². The zero-order valence-electron chi connectivity index (χ0n) is 16.0. The molecule has 0 aliphatic carbocycles. The van der Waals surface area contributed by atoms with Crippen LogP contribution in [0.3, 0.4) is 0 Å². The second kappa shape index (κ2) is 7.68. The van der Waals surface area contributed by atoms with Crippen molar-refractivity contribution >= 4 is 11.8 Å². The molecule has 0 spiro atoms. The molecule has 0 radical (unpaired) electrons. The molecule has 2 heterocycles. The quantitative estimate of drug-likeness (QED) is 0.627. The molecule has 8 nitrogen and oxygen atoms in total. The number of nitrogens with two attached hydrogens (primary N) is 1. The SMILES string of the molecule is CC(C)(C)c1nc(NCCCc2nn(-c3ccc(F)cc3)c(N)c2C#N)no1. The third-order valence-corrected chi connectivity index (χ3v) is 4.12. The average Bonchev–Trinajstić information content (AvgIpc) is 3.24. The van der Waals surface area contributed by atoms with E-state index in [-0.39, 0.29) is 17.1 Å². The Kier molecular flexibility index (Phi) is 5.31. The van der Waals surface area contributed by atoms with E-state index in [4.69, 9.17) is 10.3 Å². The second-order valence-corrected chi connectivity index (χ2v) is 7.41. The molecule has 1 aromatic carbocycles. The van der Waals surface area contributed by atoms with Crippen molar-refractivity contribution in [3.63, 3.8) is 0 Å². The molecule has 3 N–H and O–H groups in total. The van der Waals surface area contributed by atoms with Crippen LogP contribution in [0.2, 0.25) is 0 Å². The van der Waals surface area contributed by atoms with E-state index in [9.17, 15) is 9.65 Å². The molecule has 28 heavy (non-hydrogen) atoms. The Morgan fingerprint density at radius 2 is 2.00 bits per heavy atom. The van der Waals surface area contributed by atoms with Gasteiger partial charge in [0.15, 0.2) is 0 Å². The fraction of sp³-hybridized carbons (Fsp3) is 0.368. The van der Waals surface area contributed by atoms with Crippen molar-refractivity contribution in [2.45, 2.75) is 39.0 Å². The number of aryl methyl sites for hydroxylation is 1.